The van der Waals surface area contributed by atoms with E-state index in [9.17, 15) is 4.79 Å². The third-order valence-corrected chi connectivity index (χ3v) is 5.06. The highest BCUT2D eigenvalue weighted by Gasteiger charge is 2.31. The minimum absolute atomic E-state index is 0.166. The van der Waals surface area contributed by atoms with E-state index >= 15 is 0 Å². The number of amides is 1. The van der Waals surface area contributed by atoms with Crippen LogP contribution in [0, 0.1) is 6.92 Å². The van der Waals surface area contributed by atoms with E-state index in [-0.39, 0.29) is 11.9 Å². The van der Waals surface area contributed by atoms with E-state index in [2.05, 4.69) is 15.7 Å². The summed E-state index contributed by atoms with van der Waals surface area (Å²) in [5.74, 6) is 0.582. The molecule has 0 aliphatic carbocycles. The summed E-state index contributed by atoms with van der Waals surface area (Å²) in [6.45, 7) is 5.64. The average molecular weight is 295 g/mol. The molecule has 3 heterocycles. The fourth-order valence-electron chi connectivity index (χ4n) is 2.88. The first-order valence-corrected chi connectivity index (χ1v) is 8.14. The number of thiazole rings is 1. The average Bonchev–Trinajstić information content (AvgIpc) is 2.94. The zero-order valence-corrected chi connectivity index (χ0v) is 12.6. The van der Waals surface area contributed by atoms with Crippen LogP contribution in [-0.4, -0.2) is 54.7 Å². The number of hydrogen-bond acceptors (Lipinski definition) is 5. The quantitative estimate of drug-likeness (QED) is 0.889. The Bertz CT molecular complexity index is 471. The Kier molecular flexibility index (Phi) is 4.33. The molecule has 1 N–H and O–H groups in total. The van der Waals surface area contributed by atoms with Crippen molar-refractivity contribution < 1.29 is 9.53 Å². The first-order chi connectivity index (χ1) is 9.74. The van der Waals surface area contributed by atoms with Crippen molar-refractivity contribution in [3.8, 4) is 0 Å². The molecule has 0 aromatic carbocycles. The number of hydrogen-bond donors (Lipinski definition) is 1. The molecule has 5 nitrogen and oxygen atoms in total. The number of carbonyl (C=O) groups excluding carboxylic acids is 1. The highest BCUT2D eigenvalue weighted by molar-refractivity contribution is 7.09. The van der Waals surface area contributed by atoms with Gasteiger partial charge in [-0.2, -0.15) is 0 Å². The molecule has 110 valence electrons. The van der Waals surface area contributed by atoms with E-state index in [0.717, 1.165) is 38.2 Å². The highest BCUT2D eigenvalue weighted by Crippen LogP contribution is 2.29. The number of morpholine rings is 1. The Labute approximate surface area is 123 Å². The van der Waals surface area contributed by atoms with Crippen LogP contribution in [-0.2, 0) is 9.53 Å². The van der Waals surface area contributed by atoms with Gasteiger partial charge in [0.05, 0.1) is 18.2 Å². The number of piperidine rings is 1. The van der Waals surface area contributed by atoms with E-state index in [1.54, 1.807) is 11.3 Å². The summed E-state index contributed by atoms with van der Waals surface area (Å²) in [4.78, 5) is 19.1. The lowest BCUT2D eigenvalue weighted by molar-refractivity contribution is -0.137. The van der Waals surface area contributed by atoms with E-state index < -0.39 is 0 Å². The van der Waals surface area contributed by atoms with Gasteiger partial charge in [-0.25, -0.2) is 4.98 Å². The van der Waals surface area contributed by atoms with E-state index in [0.29, 0.717) is 19.1 Å². The van der Waals surface area contributed by atoms with Gasteiger partial charge in [-0.05, 0) is 19.8 Å². The number of likely N-dealkylation sites (tertiary alicyclic amines) is 1. The van der Waals surface area contributed by atoms with E-state index in [1.165, 1.54) is 5.01 Å². The highest BCUT2D eigenvalue weighted by atomic mass is 32.1. The standard InChI is InChI=1S/C14H21N3O2S/c1-10-9-20-13(16-10)11-3-2-5-17(7-11)14(18)12-8-19-6-4-15-12/h9,11-12,15H,2-8H2,1H3. The molecule has 1 aromatic rings. The summed E-state index contributed by atoms with van der Waals surface area (Å²) in [5.41, 5.74) is 1.08. The molecule has 1 amide bonds. The fourth-order valence-corrected chi connectivity index (χ4v) is 3.81. The molecule has 20 heavy (non-hydrogen) atoms. The molecule has 2 unspecified atom stereocenters. The Morgan fingerprint density at radius 1 is 1.60 bits per heavy atom. The molecule has 0 spiro atoms. The number of aromatic nitrogens is 1. The van der Waals surface area contributed by atoms with Crippen LogP contribution in [0.25, 0.3) is 0 Å². The van der Waals surface area contributed by atoms with Crippen LogP contribution < -0.4 is 5.32 Å². The van der Waals surface area contributed by atoms with Gasteiger partial charge in [-0.3, -0.25) is 4.79 Å². The molecule has 0 saturated carbocycles. The molecule has 2 aliphatic heterocycles. The molecule has 2 saturated heterocycles. The minimum Gasteiger partial charge on any atom is -0.378 e. The molecule has 0 radical (unpaired) electrons. The van der Waals surface area contributed by atoms with Crippen molar-refractivity contribution >= 4 is 17.2 Å². The largest absolute Gasteiger partial charge is 0.378 e. The van der Waals surface area contributed by atoms with Gasteiger partial charge in [0, 0.05) is 36.6 Å². The van der Waals surface area contributed by atoms with Gasteiger partial charge >= 0.3 is 0 Å². The van der Waals surface area contributed by atoms with Crippen LogP contribution >= 0.6 is 11.3 Å². The molecular weight excluding hydrogens is 274 g/mol. The van der Waals surface area contributed by atoms with Gasteiger partial charge < -0.3 is 15.0 Å². The van der Waals surface area contributed by atoms with Crippen molar-refractivity contribution in [3.05, 3.63) is 16.1 Å². The SMILES string of the molecule is Cc1csc(C2CCCN(C(=O)C3COCCN3)C2)n1. The molecular formula is C14H21N3O2S. The van der Waals surface area contributed by atoms with Crippen molar-refractivity contribution in [2.75, 3.05) is 32.8 Å². The van der Waals surface area contributed by atoms with Crippen molar-refractivity contribution in [3.63, 3.8) is 0 Å². The van der Waals surface area contributed by atoms with Crippen LogP contribution in [0.2, 0.25) is 0 Å². The van der Waals surface area contributed by atoms with Crippen molar-refractivity contribution in [1.29, 1.82) is 0 Å². The normalized spacial score (nSPS) is 27.6. The van der Waals surface area contributed by atoms with Crippen molar-refractivity contribution in [2.45, 2.75) is 31.7 Å². The second-order valence-electron chi connectivity index (χ2n) is 5.53. The predicted octanol–water partition coefficient (Wildman–Crippen LogP) is 1.15. The monoisotopic (exact) mass is 295 g/mol. The van der Waals surface area contributed by atoms with Crippen LogP contribution in [0.15, 0.2) is 5.38 Å². The maximum Gasteiger partial charge on any atom is 0.242 e. The molecule has 2 aliphatic rings. The van der Waals surface area contributed by atoms with E-state index in [1.807, 2.05) is 11.8 Å². The number of nitrogens with one attached hydrogen (secondary N) is 1. The number of rotatable bonds is 2. The van der Waals surface area contributed by atoms with Gasteiger partial charge in [0.1, 0.15) is 6.04 Å². The number of aryl methyl sites for hydroxylation is 1. The second kappa shape index (κ2) is 6.20. The maximum atomic E-state index is 12.5. The van der Waals surface area contributed by atoms with Crippen molar-refractivity contribution in [2.24, 2.45) is 0 Å². The van der Waals surface area contributed by atoms with Crippen LogP contribution in [0.4, 0.5) is 0 Å². The summed E-state index contributed by atoms with van der Waals surface area (Å²) < 4.78 is 5.39. The Balaban J connectivity index is 1.63. The number of carbonyl (C=O) groups is 1. The second-order valence-corrected chi connectivity index (χ2v) is 6.42. The molecule has 0 bridgehead atoms. The smallest absolute Gasteiger partial charge is 0.242 e. The van der Waals surface area contributed by atoms with Crippen LogP contribution in [0.3, 0.4) is 0 Å². The summed E-state index contributed by atoms with van der Waals surface area (Å²) in [7, 11) is 0. The molecule has 1 aromatic heterocycles. The van der Waals surface area contributed by atoms with Gasteiger partial charge in [0.25, 0.3) is 0 Å². The zero-order valence-electron chi connectivity index (χ0n) is 11.8. The summed E-state index contributed by atoms with van der Waals surface area (Å²) >= 11 is 1.72. The lowest BCUT2D eigenvalue weighted by Crippen LogP contribution is -2.54. The van der Waals surface area contributed by atoms with Crippen LogP contribution in [0.5, 0.6) is 0 Å². The summed E-state index contributed by atoms with van der Waals surface area (Å²) in [6.07, 6.45) is 2.19. The van der Waals surface area contributed by atoms with E-state index in [4.69, 9.17) is 4.74 Å². The molecule has 2 fully saturated rings. The van der Waals surface area contributed by atoms with Gasteiger partial charge in [0.2, 0.25) is 5.91 Å². The molecule has 6 heteroatoms. The van der Waals surface area contributed by atoms with Gasteiger partial charge in [-0.1, -0.05) is 0 Å². The van der Waals surface area contributed by atoms with Crippen molar-refractivity contribution in [1.82, 2.24) is 15.2 Å². The number of ether oxygens (including phenoxy) is 1. The number of nitrogens with zero attached hydrogens (tertiary/aromatic N) is 2. The minimum atomic E-state index is -0.166. The molecule has 3 rings (SSSR count). The van der Waals surface area contributed by atoms with Gasteiger partial charge in [-0.15, -0.1) is 11.3 Å². The third-order valence-electron chi connectivity index (χ3n) is 3.94. The Morgan fingerprint density at radius 3 is 3.20 bits per heavy atom. The van der Waals surface area contributed by atoms with Crippen LogP contribution in [0.1, 0.15) is 29.5 Å². The fraction of sp³-hybridized carbons (Fsp3) is 0.714. The predicted molar refractivity (Wildman–Crippen MR) is 78.0 cm³/mol. The maximum absolute atomic E-state index is 12.5. The first kappa shape index (κ1) is 14.0. The lowest BCUT2D eigenvalue weighted by Gasteiger charge is -2.35. The Morgan fingerprint density at radius 2 is 2.50 bits per heavy atom. The molecule has 2 atom stereocenters. The lowest BCUT2D eigenvalue weighted by atomic mass is 9.98. The zero-order chi connectivity index (χ0) is 13.9. The topological polar surface area (TPSA) is 54.5 Å². The first-order valence-electron chi connectivity index (χ1n) is 7.26. The third kappa shape index (κ3) is 3.02. The van der Waals surface area contributed by atoms with Gasteiger partial charge in [0.15, 0.2) is 0 Å². The Hall–Kier alpha value is -0.980. The summed E-state index contributed by atoms with van der Waals surface area (Å²) in [5, 5.41) is 6.51. The summed E-state index contributed by atoms with van der Waals surface area (Å²) in [6, 6.07) is -0.166.